The SMILES string of the molecule is CCNC(CN1CC(C)CC1=O)c1cc(C)ccc1OC. The Bertz CT molecular complexity index is 502. The summed E-state index contributed by atoms with van der Waals surface area (Å²) in [6.45, 7) is 8.72. The van der Waals surface area contributed by atoms with Crippen molar-refractivity contribution >= 4 is 5.91 Å². The summed E-state index contributed by atoms with van der Waals surface area (Å²) in [5, 5.41) is 3.49. The topological polar surface area (TPSA) is 41.6 Å². The molecule has 1 aromatic rings. The zero-order valence-corrected chi connectivity index (χ0v) is 13.5. The largest absolute Gasteiger partial charge is 0.496 e. The van der Waals surface area contributed by atoms with E-state index >= 15 is 0 Å². The van der Waals surface area contributed by atoms with Gasteiger partial charge in [-0.15, -0.1) is 0 Å². The molecule has 4 heteroatoms. The van der Waals surface area contributed by atoms with Gasteiger partial charge in [0.05, 0.1) is 13.2 Å². The Balaban J connectivity index is 2.22. The number of carbonyl (C=O) groups excluding carboxylic acids is 1. The van der Waals surface area contributed by atoms with Crippen LogP contribution in [0.2, 0.25) is 0 Å². The minimum atomic E-state index is 0.110. The second-order valence-electron chi connectivity index (χ2n) is 5.96. The molecule has 4 nitrogen and oxygen atoms in total. The first-order valence-corrected chi connectivity index (χ1v) is 7.70. The van der Waals surface area contributed by atoms with Gasteiger partial charge in [0.1, 0.15) is 5.75 Å². The van der Waals surface area contributed by atoms with Crippen molar-refractivity contribution in [3.05, 3.63) is 29.3 Å². The van der Waals surface area contributed by atoms with Gasteiger partial charge in [0.15, 0.2) is 0 Å². The lowest BCUT2D eigenvalue weighted by Crippen LogP contribution is -2.36. The number of nitrogens with zero attached hydrogens (tertiary/aromatic N) is 1. The lowest BCUT2D eigenvalue weighted by Gasteiger charge is -2.26. The third kappa shape index (κ3) is 3.76. The maximum Gasteiger partial charge on any atom is 0.222 e. The highest BCUT2D eigenvalue weighted by Gasteiger charge is 2.29. The minimum absolute atomic E-state index is 0.110. The van der Waals surface area contributed by atoms with E-state index in [-0.39, 0.29) is 11.9 Å². The Hall–Kier alpha value is -1.55. The quantitative estimate of drug-likeness (QED) is 0.875. The monoisotopic (exact) mass is 290 g/mol. The van der Waals surface area contributed by atoms with Gasteiger partial charge in [-0.3, -0.25) is 4.79 Å². The van der Waals surface area contributed by atoms with Crippen molar-refractivity contribution in [3.8, 4) is 5.75 Å². The van der Waals surface area contributed by atoms with Gasteiger partial charge < -0.3 is 15.0 Å². The second kappa shape index (κ2) is 6.94. The zero-order valence-electron chi connectivity index (χ0n) is 13.5. The minimum Gasteiger partial charge on any atom is -0.496 e. The zero-order chi connectivity index (χ0) is 15.4. The van der Waals surface area contributed by atoms with Crippen LogP contribution in [0.4, 0.5) is 0 Å². The highest BCUT2D eigenvalue weighted by Crippen LogP contribution is 2.28. The van der Waals surface area contributed by atoms with Crippen LogP contribution in [0.3, 0.4) is 0 Å². The third-order valence-electron chi connectivity index (χ3n) is 4.02. The average molecular weight is 290 g/mol. The first-order chi connectivity index (χ1) is 10.0. The highest BCUT2D eigenvalue weighted by molar-refractivity contribution is 5.78. The number of hydrogen-bond donors (Lipinski definition) is 1. The van der Waals surface area contributed by atoms with Crippen molar-refractivity contribution in [2.24, 2.45) is 5.92 Å². The third-order valence-corrected chi connectivity index (χ3v) is 4.02. The maximum atomic E-state index is 12.0. The van der Waals surface area contributed by atoms with Crippen LogP contribution in [0.25, 0.3) is 0 Å². The van der Waals surface area contributed by atoms with Gasteiger partial charge in [-0.25, -0.2) is 0 Å². The molecule has 1 fully saturated rings. The fraction of sp³-hybridized carbons (Fsp3) is 0.588. The first-order valence-electron chi connectivity index (χ1n) is 7.70. The molecule has 0 bridgehead atoms. The number of aryl methyl sites for hydroxylation is 1. The van der Waals surface area contributed by atoms with E-state index in [1.807, 2.05) is 11.0 Å². The van der Waals surface area contributed by atoms with Gasteiger partial charge >= 0.3 is 0 Å². The van der Waals surface area contributed by atoms with Gasteiger partial charge in [0, 0.05) is 25.1 Å². The van der Waals surface area contributed by atoms with Crippen LogP contribution in [0, 0.1) is 12.8 Å². The van der Waals surface area contributed by atoms with E-state index in [0.29, 0.717) is 18.9 Å². The Morgan fingerprint density at radius 3 is 2.81 bits per heavy atom. The van der Waals surface area contributed by atoms with Gasteiger partial charge in [-0.05, 0) is 25.5 Å². The highest BCUT2D eigenvalue weighted by atomic mass is 16.5. The summed E-state index contributed by atoms with van der Waals surface area (Å²) in [7, 11) is 1.69. The molecule has 1 saturated heterocycles. The van der Waals surface area contributed by atoms with Crippen LogP contribution < -0.4 is 10.1 Å². The molecule has 2 atom stereocenters. The number of rotatable bonds is 6. The van der Waals surface area contributed by atoms with Crippen LogP contribution in [0.15, 0.2) is 18.2 Å². The van der Waals surface area contributed by atoms with E-state index in [0.717, 1.165) is 24.4 Å². The van der Waals surface area contributed by atoms with Crippen LogP contribution in [-0.2, 0) is 4.79 Å². The summed E-state index contributed by atoms with van der Waals surface area (Å²) < 4.78 is 5.50. The summed E-state index contributed by atoms with van der Waals surface area (Å²) in [5.41, 5.74) is 2.33. The summed E-state index contributed by atoms with van der Waals surface area (Å²) in [6.07, 6.45) is 0.670. The second-order valence-corrected chi connectivity index (χ2v) is 5.96. The average Bonchev–Trinajstić information content (AvgIpc) is 2.76. The number of likely N-dealkylation sites (tertiary alicyclic amines) is 1. The van der Waals surface area contributed by atoms with Gasteiger partial charge in [-0.1, -0.05) is 31.5 Å². The lowest BCUT2D eigenvalue weighted by molar-refractivity contribution is -0.128. The standard InChI is InChI=1S/C17H26N2O2/c1-5-18-15(11-19-10-13(3)9-17(19)20)14-8-12(2)6-7-16(14)21-4/h6-8,13,15,18H,5,9-11H2,1-4H3. The van der Waals surface area contributed by atoms with Crippen molar-refractivity contribution in [1.82, 2.24) is 10.2 Å². The summed E-state index contributed by atoms with van der Waals surface area (Å²) in [4.78, 5) is 14.0. The molecule has 2 unspecified atom stereocenters. The Labute approximate surface area is 127 Å². The van der Waals surface area contributed by atoms with Gasteiger partial charge in [-0.2, -0.15) is 0 Å². The molecule has 1 heterocycles. The van der Waals surface area contributed by atoms with Crippen LogP contribution in [0.5, 0.6) is 5.75 Å². The Kier molecular flexibility index (Phi) is 5.23. The van der Waals surface area contributed by atoms with Crippen LogP contribution in [-0.4, -0.2) is 37.6 Å². The normalized spacial score (nSPS) is 19.9. The van der Waals surface area contributed by atoms with Crippen molar-refractivity contribution < 1.29 is 9.53 Å². The molecule has 0 radical (unpaired) electrons. The van der Waals surface area contributed by atoms with E-state index in [2.05, 4.69) is 38.2 Å². The Morgan fingerprint density at radius 1 is 1.48 bits per heavy atom. The van der Waals surface area contributed by atoms with Crippen molar-refractivity contribution in [1.29, 1.82) is 0 Å². The number of carbonyl (C=O) groups is 1. The number of methoxy groups -OCH3 is 1. The van der Waals surface area contributed by atoms with Crippen LogP contribution >= 0.6 is 0 Å². The number of ether oxygens (including phenoxy) is 1. The number of likely N-dealkylation sites (N-methyl/N-ethyl adjacent to an activating group) is 1. The molecule has 1 aliphatic rings. The summed E-state index contributed by atoms with van der Waals surface area (Å²) >= 11 is 0. The van der Waals surface area contributed by atoms with E-state index < -0.39 is 0 Å². The first kappa shape index (κ1) is 15.8. The van der Waals surface area contributed by atoms with Crippen molar-refractivity contribution in [2.45, 2.75) is 33.2 Å². The van der Waals surface area contributed by atoms with E-state index in [1.54, 1.807) is 7.11 Å². The van der Waals surface area contributed by atoms with Gasteiger partial charge in [0.2, 0.25) is 5.91 Å². The molecule has 2 rings (SSSR count). The van der Waals surface area contributed by atoms with Crippen molar-refractivity contribution in [3.63, 3.8) is 0 Å². The lowest BCUT2D eigenvalue weighted by atomic mass is 10.0. The number of nitrogens with one attached hydrogen (secondary N) is 1. The molecule has 0 aliphatic carbocycles. The van der Waals surface area contributed by atoms with E-state index in [9.17, 15) is 4.79 Å². The smallest absolute Gasteiger partial charge is 0.222 e. The predicted octanol–water partition coefficient (Wildman–Crippen LogP) is 2.52. The summed E-state index contributed by atoms with van der Waals surface area (Å²) in [6, 6.07) is 6.31. The number of hydrogen-bond acceptors (Lipinski definition) is 3. The summed E-state index contributed by atoms with van der Waals surface area (Å²) in [5.74, 6) is 1.60. The molecule has 0 saturated carbocycles. The molecule has 0 spiro atoms. The molecule has 1 amide bonds. The molecule has 21 heavy (non-hydrogen) atoms. The maximum absolute atomic E-state index is 12.0. The fourth-order valence-corrected chi connectivity index (χ4v) is 3.01. The number of amides is 1. The molecule has 1 N–H and O–H groups in total. The number of benzene rings is 1. The van der Waals surface area contributed by atoms with E-state index in [4.69, 9.17) is 4.74 Å². The Morgan fingerprint density at radius 2 is 2.24 bits per heavy atom. The molecule has 116 valence electrons. The van der Waals surface area contributed by atoms with E-state index in [1.165, 1.54) is 5.56 Å². The molecular weight excluding hydrogens is 264 g/mol. The van der Waals surface area contributed by atoms with Crippen molar-refractivity contribution in [2.75, 3.05) is 26.7 Å². The molecular formula is C17H26N2O2. The predicted molar refractivity (Wildman–Crippen MR) is 84.5 cm³/mol. The van der Waals surface area contributed by atoms with Gasteiger partial charge in [0.25, 0.3) is 0 Å². The molecule has 1 aromatic carbocycles. The fourth-order valence-electron chi connectivity index (χ4n) is 3.01. The molecule has 1 aliphatic heterocycles. The van der Waals surface area contributed by atoms with Crippen LogP contribution in [0.1, 0.15) is 37.4 Å². The molecule has 0 aromatic heterocycles.